The van der Waals surface area contributed by atoms with E-state index in [1.54, 1.807) is 6.92 Å². The third kappa shape index (κ3) is 1.86. The number of carboxylic acids is 1. The van der Waals surface area contributed by atoms with Crippen LogP contribution in [-0.4, -0.2) is 41.8 Å². The number of likely N-dealkylation sites (tertiary alicyclic amines) is 1. The molecule has 0 atom stereocenters. The molecule has 1 saturated heterocycles. The number of rotatable bonds is 3. The molecule has 0 bridgehead atoms. The molecule has 0 aromatic rings. The van der Waals surface area contributed by atoms with Gasteiger partial charge in [0.2, 0.25) is 0 Å². The van der Waals surface area contributed by atoms with E-state index in [4.69, 9.17) is 9.84 Å². The summed E-state index contributed by atoms with van der Waals surface area (Å²) in [4.78, 5) is 23.2. The first-order valence-electron chi connectivity index (χ1n) is 4.25. The number of hydrogen-bond donors (Lipinski definition) is 1. The summed E-state index contributed by atoms with van der Waals surface area (Å²) < 4.78 is 4.74. The lowest BCUT2D eigenvalue weighted by Gasteiger charge is -2.43. The molecule has 0 aromatic carbocycles. The van der Waals surface area contributed by atoms with Gasteiger partial charge in [-0.2, -0.15) is 0 Å². The summed E-state index contributed by atoms with van der Waals surface area (Å²) in [6.07, 6.45) is 0.984. The second kappa shape index (κ2) is 3.69. The third-order valence-corrected chi connectivity index (χ3v) is 2.18. The second-order valence-electron chi connectivity index (χ2n) is 3.59. The van der Waals surface area contributed by atoms with Crippen molar-refractivity contribution < 1.29 is 19.4 Å². The van der Waals surface area contributed by atoms with E-state index in [0.717, 1.165) is 0 Å². The molecule has 5 heteroatoms. The summed E-state index contributed by atoms with van der Waals surface area (Å²) in [5, 5.41) is 8.77. The van der Waals surface area contributed by atoms with E-state index in [1.807, 2.05) is 0 Å². The molecular formula is C9H13NO4. The zero-order valence-corrected chi connectivity index (χ0v) is 8.02. The molecule has 1 fully saturated rings. The van der Waals surface area contributed by atoms with E-state index in [0.29, 0.717) is 0 Å². The smallest absolute Gasteiger partial charge is 0.410 e. The minimum Gasteiger partial charge on any atom is -0.481 e. The maximum Gasteiger partial charge on any atom is 0.410 e. The number of hydrogen-bond acceptors (Lipinski definition) is 3. The maximum absolute atomic E-state index is 11.2. The Kier molecular flexibility index (Phi) is 2.78. The minimum atomic E-state index is -0.884. The van der Waals surface area contributed by atoms with E-state index < -0.39 is 17.5 Å². The van der Waals surface area contributed by atoms with Crippen LogP contribution < -0.4 is 0 Å². The van der Waals surface area contributed by atoms with Crippen LogP contribution in [0.1, 0.15) is 6.92 Å². The number of carbonyl (C=O) groups excluding carboxylic acids is 1. The summed E-state index contributed by atoms with van der Waals surface area (Å²) in [6, 6.07) is 0. The Morgan fingerprint density at radius 2 is 2.21 bits per heavy atom. The van der Waals surface area contributed by atoms with Gasteiger partial charge in [-0.15, -0.1) is 0 Å². The molecule has 1 aliphatic heterocycles. The van der Waals surface area contributed by atoms with Crippen LogP contribution in [-0.2, 0) is 9.53 Å². The molecule has 0 aliphatic carbocycles. The highest BCUT2D eigenvalue weighted by Crippen LogP contribution is 2.30. The maximum atomic E-state index is 11.2. The summed E-state index contributed by atoms with van der Waals surface area (Å²) in [6.45, 7) is 5.57. The second-order valence-corrected chi connectivity index (χ2v) is 3.59. The van der Waals surface area contributed by atoms with Crippen LogP contribution in [0.25, 0.3) is 0 Å². The Balaban J connectivity index is 2.37. The predicted molar refractivity (Wildman–Crippen MR) is 48.9 cm³/mol. The van der Waals surface area contributed by atoms with E-state index in [1.165, 1.54) is 11.0 Å². The molecule has 1 rings (SSSR count). The van der Waals surface area contributed by atoms with Crippen molar-refractivity contribution in [1.82, 2.24) is 4.90 Å². The Morgan fingerprint density at radius 3 is 2.64 bits per heavy atom. The van der Waals surface area contributed by atoms with Gasteiger partial charge in [0.25, 0.3) is 0 Å². The summed E-state index contributed by atoms with van der Waals surface area (Å²) in [5.41, 5.74) is -0.812. The molecule has 1 heterocycles. The van der Waals surface area contributed by atoms with Crippen LogP contribution >= 0.6 is 0 Å². The first-order chi connectivity index (χ1) is 6.49. The zero-order valence-electron chi connectivity index (χ0n) is 8.02. The van der Waals surface area contributed by atoms with Gasteiger partial charge in [-0.1, -0.05) is 12.7 Å². The van der Waals surface area contributed by atoms with Gasteiger partial charge in [-0.3, -0.25) is 4.79 Å². The standard InChI is InChI=1S/C9H13NO4/c1-3-4-14-8(13)10-5-9(2,6-10)7(11)12/h3H,1,4-6H2,2H3,(H,11,12). The fourth-order valence-electron chi connectivity index (χ4n) is 1.28. The van der Waals surface area contributed by atoms with E-state index in [-0.39, 0.29) is 19.7 Å². The Morgan fingerprint density at radius 1 is 1.64 bits per heavy atom. The van der Waals surface area contributed by atoms with Crippen LogP contribution in [0.15, 0.2) is 12.7 Å². The van der Waals surface area contributed by atoms with Crippen LogP contribution in [0, 0.1) is 5.41 Å². The van der Waals surface area contributed by atoms with Gasteiger partial charge in [0, 0.05) is 13.1 Å². The number of carbonyl (C=O) groups is 2. The minimum absolute atomic E-state index is 0.152. The predicted octanol–water partition coefficient (Wildman–Crippen LogP) is 0.716. The molecule has 5 nitrogen and oxygen atoms in total. The number of nitrogens with zero attached hydrogens (tertiary/aromatic N) is 1. The quantitative estimate of drug-likeness (QED) is 0.680. The molecule has 0 saturated carbocycles. The lowest BCUT2D eigenvalue weighted by atomic mass is 9.82. The van der Waals surface area contributed by atoms with Crippen molar-refractivity contribution in [1.29, 1.82) is 0 Å². The van der Waals surface area contributed by atoms with Crippen LogP contribution in [0.5, 0.6) is 0 Å². The number of aliphatic carboxylic acids is 1. The molecule has 0 unspecified atom stereocenters. The average Bonchev–Trinajstić information content (AvgIpc) is 2.08. The Labute approximate surface area is 82.0 Å². The van der Waals surface area contributed by atoms with Crippen LogP contribution in [0.3, 0.4) is 0 Å². The van der Waals surface area contributed by atoms with Gasteiger partial charge in [0.1, 0.15) is 12.0 Å². The highest BCUT2D eigenvalue weighted by atomic mass is 16.6. The van der Waals surface area contributed by atoms with Gasteiger partial charge in [0.05, 0.1) is 0 Å². The molecule has 14 heavy (non-hydrogen) atoms. The number of carboxylic acid groups (broad SMARTS) is 1. The van der Waals surface area contributed by atoms with Crippen molar-refractivity contribution in [2.75, 3.05) is 19.7 Å². The molecule has 1 aliphatic rings. The molecule has 0 spiro atoms. The first kappa shape index (κ1) is 10.6. The van der Waals surface area contributed by atoms with E-state index in [2.05, 4.69) is 6.58 Å². The van der Waals surface area contributed by atoms with Crippen molar-refractivity contribution in [3.05, 3.63) is 12.7 Å². The molecule has 0 aromatic heterocycles. The van der Waals surface area contributed by atoms with Gasteiger partial charge < -0.3 is 14.7 Å². The lowest BCUT2D eigenvalue weighted by molar-refractivity contribution is -0.156. The van der Waals surface area contributed by atoms with Gasteiger partial charge in [0.15, 0.2) is 0 Å². The molecular weight excluding hydrogens is 186 g/mol. The molecule has 1 amide bonds. The number of amides is 1. The topological polar surface area (TPSA) is 66.8 Å². The highest BCUT2D eigenvalue weighted by molar-refractivity contribution is 5.80. The van der Waals surface area contributed by atoms with Gasteiger partial charge in [-0.05, 0) is 6.92 Å². The van der Waals surface area contributed by atoms with Crippen molar-refractivity contribution in [3.8, 4) is 0 Å². The lowest BCUT2D eigenvalue weighted by Crippen LogP contribution is -2.60. The monoisotopic (exact) mass is 199 g/mol. The summed E-state index contributed by atoms with van der Waals surface area (Å²) in [5.74, 6) is -0.884. The largest absolute Gasteiger partial charge is 0.481 e. The van der Waals surface area contributed by atoms with E-state index in [9.17, 15) is 9.59 Å². The fraction of sp³-hybridized carbons (Fsp3) is 0.556. The van der Waals surface area contributed by atoms with Crippen molar-refractivity contribution in [2.45, 2.75) is 6.92 Å². The average molecular weight is 199 g/mol. The summed E-state index contributed by atoms with van der Waals surface area (Å²) >= 11 is 0. The van der Waals surface area contributed by atoms with Gasteiger partial charge >= 0.3 is 12.1 Å². The molecule has 1 N–H and O–H groups in total. The van der Waals surface area contributed by atoms with Crippen LogP contribution in [0.4, 0.5) is 4.79 Å². The zero-order chi connectivity index (χ0) is 10.8. The third-order valence-electron chi connectivity index (χ3n) is 2.18. The molecule has 0 radical (unpaired) electrons. The normalized spacial score (nSPS) is 18.2. The SMILES string of the molecule is C=CCOC(=O)N1CC(C)(C(=O)O)C1. The van der Waals surface area contributed by atoms with Crippen LogP contribution in [0.2, 0.25) is 0 Å². The summed E-state index contributed by atoms with van der Waals surface area (Å²) in [7, 11) is 0. The number of ether oxygens (including phenoxy) is 1. The van der Waals surface area contributed by atoms with Gasteiger partial charge in [-0.25, -0.2) is 4.79 Å². The Hall–Kier alpha value is -1.52. The van der Waals surface area contributed by atoms with Crippen molar-refractivity contribution in [2.24, 2.45) is 5.41 Å². The van der Waals surface area contributed by atoms with Crippen molar-refractivity contribution in [3.63, 3.8) is 0 Å². The molecule has 78 valence electrons. The highest BCUT2D eigenvalue weighted by Gasteiger charge is 2.47. The van der Waals surface area contributed by atoms with Crippen molar-refractivity contribution >= 4 is 12.1 Å². The van der Waals surface area contributed by atoms with E-state index >= 15 is 0 Å². The Bertz CT molecular complexity index is 268. The first-order valence-corrected chi connectivity index (χ1v) is 4.25. The fourth-order valence-corrected chi connectivity index (χ4v) is 1.28.